The Morgan fingerprint density at radius 3 is 2.59 bits per heavy atom. The first-order valence-electron chi connectivity index (χ1n) is 10.1. The van der Waals surface area contributed by atoms with Crippen LogP contribution in [0.25, 0.3) is 0 Å². The Morgan fingerprint density at radius 2 is 2.00 bits per heavy atom. The number of carboxylic acids is 1. The van der Waals surface area contributed by atoms with E-state index in [0.717, 1.165) is 36.9 Å². The number of hydrogen-bond donors (Lipinski definition) is 2. The molecule has 1 aromatic rings. The lowest BCUT2D eigenvalue weighted by molar-refractivity contribution is 0.00468. The van der Waals surface area contributed by atoms with E-state index < -0.39 is 5.97 Å². The zero-order valence-electron chi connectivity index (χ0n) is 16.3. The molecule has 2 saturated carbocycles. The van der Waals surface area contributed by atoms with E-state index in [1.807, 2.05) is 6.07 Å². The summed E-state index contributed by atoms with van der Waals surface area (Å²) in [5, 5.41) is 9.08. The summed E-state index contributed by atoms with van der Waals surface area (Å²) in [7, 11) is 2.13. The summed E-state index contributed by atoms with van der Waals surface area (Å²) in [5.41, 5.74) is 8.82. The van der Waals surface area contributed by atoms with Gasteiger partial charge in [0.15, 0.2) is 0 Å². The van der Waals surface area contributed by atoms with Gasteiger partial charge in [-0.25, -0.2) is 4.79 Å². The molecule has 148 valence electrons. The van der Waals surface area contributed by atoms with Gasteiger partial charge in [-0.05, 0) is 68.6 Å². The highest BCUT2D eigenvalue weighted by Gasteiger charge is 2.31. The minimum absolute atomic E-state index is 0.0313. The number of aromatic carboxylic acids is 1. The van der Waals surface area contributed by atoms with E-state index in [0.29, 0.717) is 24.1 Å². The van der Waals surface area contributed by atoms with Crippen LogP contribution in [0.4, 0.5) is 0 Å². The fourth-order valence-electron chi connectivity index (χ4n) is 4.14. The molecule has 2 fully saturated rings. The highest BCUT2D eigenvalue weighted by atomic mass is 16.5. The lowest BCUT2D eigenvalue weighted by Crippen LogP contribution is -2.45. The van der Waals surface area contributed by atoms with Gasteiger partial charge in [-0.1, -0.05) is 18.7 Å². The number of hydrogen-bond acceptors (Lipinski definition) is 4. The molecule has 3 N–H and O–H groups in total. The Hall–Kier alpha value is -1.85. The summed E-state index contributed by atoms with van der Waals surface area (Å²) >= 11 is 0. The molecule has 0 saturated heterocycles. The quantitative estimate of drug-likeness (QED) is 0.726. The highest BCUT2D eigenvalue weighted by Crippen LogP contribution is 2.33. The van der Waals surface area contributed by atoms with Crippen molar-refractivity contribution < 1.29 is 14.6 Å². The molecule has 0 spiro atoms. The van der Waals surface area contributed by atoms with Crippen LogP contribution in [0.2, 0.25) is 0 Å². The average Bonchev–Trinajstić information content (AvgIpc) is 2.64. The van der Waals surface area contributed by atoms with Crippen LogP contribution < -0.4 is 5.73 Å². The number of nitrogens with two attached hydrogens (primary N) is 1. The van der Waals surface area contributed by atoms with Crippen LogP contribution in [-0.2, 0) is 11.3 Å². The number of rotatable bonds is 8. The molecular formula is C22H32N2O3. The third kappa shape index (κ3) is 4.90. The minimum atomic E-state index is -0.904. The van der Waals surface area contributed by atoms with Crippen LogP contribution in [0.15, 0.2) is 36.5 Å². The second-order valence-corrected chi connectivity index (χ2v) is 8.07. The fraction of sp³-hybridized carbons (Fsp3) is 0.591. The molecule has 27 heavy (non-hydrogen) atoms. The maximum Gasteiger partial charge on any atom is 0.335 e. The molecule has 5 heteroatoms. The van der Waals surface area contributed by atoms with E-state index in [-0.39, 0.29) is 12.1 Å². The van der Waals surface area contributed by atoms with Crippen LogP contribution in [-0.4, -0.2) is 41.2 Å². The first-order chi connectivity index (χ1) is 13.0. The van der Waals surface area contributed by atoms with Crippen LogP contribution in [0, 0.1) is 5.92 Å². The van der Waals surface area contributed by atoms with Crippen molar-refractivity contribution in [2.45, 2.75) is 69.7 Å². The van der Waals surface area contributed by atoms with Gasteiger partial charge >= 0.3 is 5.97 Å². The first kappa shape index (κ1) is 19.9. The van der Waals surface area contributed by atoms with Gasteiger partial charge in [-0.3, -0.25) is 0 Å². The number of nitrogens with zero attached hydrogens (tertiary/aromatic N) is 1. The topological polar surface area (TPSA) is 75.8 Å². The van der Waals surface area contributed by atoms with E-state index in [4.69, 9.17) is 15.6 Å². The Bertz CT molecular complexity index is 663. The molecule has 0 bridgehead atoms. The number of likely N-dealkylation sites (N-methyl/N-ethyl adjacent to an activating group) is 1. The Labute approximate surface area is 162 Å². The number of ether oxygens (including phenoxy) is 1. The molecule has 1 atom stereocenters. The molecular weight excluding hydrogens is 340 g/mol. The van der Waals surface area contributed by atoms with E-state index >= 15 is 0 Å². The second kappa shape index (κ2) is 8.89. The summed E-state index contributed by atoms with van der Waals surface area (Å²) in [6.45, 7) is 4.73. The number of benzene rings is 1. The normalized spacial score (nSPS) is 24.1. The van der Waals surface area contributed by atoms with Gasteiger partial charge in [0.05, 0.1) is 18.3 Å². The van der Waals surface area contributed by atoms with Gasteiger partial charge in [0.2, 0.25) is 0 Å². The Morgan fingerprint density at radius 1 is 1.30 bits per heavy atom. The van der Waals surface area contributed by atoms with Crippen LogP contribution in [0.5, 0.6) is 0 Å². The van der Waals surface area contributed by atoms with E-state index in [9.17, 15) is 4.79 Å². The Balaban J connectivity index is 1.44. The molecule has 2 aliphatic carbocycles. The SMILES string of the molecule is C=C([C@@H](N)C1CCC(OCc2cccc(C(=O)O)c2)CC1)N(C)C1CCC1. The third-order valence-electron chi connectivity index (χ3n) is 6.35. The molecule has 0 amide bonds. The lowest BCUT2D eigenvalue weighted by atomic mass is 9.81. The third-order valence-corrected chi connectivity index (χ3v) is 6.35. The second-order valence-electron chi connectivity index (χ2n) is 8.07. The molecule has 0 aromatic heterocycles. The molecule has 0 aliphatic heterocycles. The monoisotopic (exact) mass is 372 g/mol. The van der Waals surface area contributed by atoms with Crippen LogP contribution in [0.3, 0.4) is 0 Å². The maximum absolute atomic E-state index is 11.1. The number of carbonyl (C=O) groups is 1. The largest absolute Gasteiger partial charge is 0.478 e. The Kier molecular flexibility index (Phi) is 6.55. The summed E-state index contributed by atoms with van der Waals surface area (Å²) in [6, 6.07) is 7.63. The predicted molar refractivity (Wildman–Crippen MR) is 106 cm³/mol. The zero-order valence-corrected chi connectivity index (χ0v) is 16.3. The summed E-state index contributed by atoms with van der Waals surface area (Å²) in [6.07, 6.45) is 8.15. The summed E-state index contributed by atoms with van der Waals surface area (Å²) in [5.74, 6) is -0.436. The predicted octanol–water partition coefficient (Wildman–Crippen LogP) is 3.79. The highest BCUT2D eigenvalue weighted by molar-refractivity contribution is 5.87. The molecule has 1 aromatic carbocycles. The maximum atomic E-state index is 11.1. The van der Waals surface area contributed by atoms with Crippen LogP contribution >= 0.6 is 0 Å². The van der Waals surface area contributed by atoms with Gasteiger partial charge in [-0.15, -0.1) is 0 Å². The van der Waals surface area contributed by atoms with Gasteiger partial charge in [0.1, 0.15) is 0 Å². The van der Waals surface area contributed by atoms with Crippen molar-refractivity contribution in [1.29, 1.82) is 0 Å². The van der Waals surface area contributed by atoms with Crippen LogP contribution in [0.1, 0.15) is 60.9 Å². The first-order valence-corrected chi connectivity index (χ1v) is 10.1. The summed E-state index contributed by atoms with van der Waals surface area (Å²) in [4.78, 5) is 13.4. The van der Waals surface area contributed by atoms with Gasteiger partial charge < -0.3 is 20.5 Å². The summed E-state index contributed by atoms with van der Waals surface area (Å²) < 4.78 is 6.04. The van der Waals surface area contributed by atoms with Crippen molar-refractivity contribution in [1.82, 2.24) is 4.90 Å². The minimum Gasteiger partial charge on any atom is -0.478 e. The van der Waals surface area contributed by atoms with Crippen molar-refractivity contribution in [2.75, 3.05) is 7.05 Å². The van der Waals surface area contributed by atoms with Crippen molar-refractivity contribution in [3.8, 4) is 0 Å². The zero-order chi connectivity index (χ0) is 19.4. The fourth-order valence-corrected chi connectivity index (χ4v) is 4.14. The number of carboxylic acid groups (broad SMARTS) is 1. The molecule has 0 heterocycles. The van der Waals surface area contributed by atoms with Gasteiger partial charge in [0, 0.05) is 24.8 Å². The van der Waals surface area contributed by atoms with Gasteiger partial charge in [-0.2, -0.15) is 0 Å². The standard InChI is InChI=1S/C22H32N2O3/c1-15(24(2)19-7-4-8-19)21(23)17-9-11-20(12-10-17)27-14-16-5-3-6-18(13-16)22(25)26/h3,5-6,13,17,19-21H,1,4,7-12,14,23H2,2H3,(H,25,26)/t17?,20?,21-/m1/s1. The molecule has 5 nitrogen and oxygen atoms in total. The van der Waals surface area contributed by atoms with Crippen molar-refractivity contribution >= 4 is 5.97 Å². The smallest absolute Gasteiger partial charge is 0.335 e. The molecule has 0 radical (unpaired) electrons. The van der Waals surface area contributed by atoms with E-state index in [1.54, 1.807) is 18.2 Å². The van der Waals surface area contributed by atoms with Crippen molar-refractivity contribution in [3.05, 3.63) is 47.7 Å². The molecule has 2 aliphatic rings. The van der Waals surface area contributed by atoms with E-state index in [2.05, 4.69) is 18.5 Å². The molecule has 0 unspecified atom stereocenters. The average molecular weight is 373 g/mol. The van der Waals surface area contributed by atoms with Crippen molar-refractivity contribution in [2.24, 2.45) is 11.7 Å². The van der Waals surface area contributed by atoms with Gasteiger partial charge in [0.25, 0.3) is 0 Å². The van der Waals surface area contributed by atoms with Crippen molar-refractivity contribution in [3.63, 3.8) is 0 Å². The lowest BCUT2D eigenvalue weighted by Gasteiger charge is -2.41. The molecule has 3 rings (SSSR count). The van der Waals surface area contributed by atoms with E-state index in [1.165, 1.54) is 19.3 Å².